The van der Waals surface area contributed by atoms with E-state index in [1.165, 1.54) is 0 Å². The molecule has 1 amide bonds. The van der Waals surface area contributed by atoms with Crippen molar-refractivity contribution in [1.82, 2.24) is 14.9 Å². The smallest absolute Gasteiger partial charge is 0.265 e. The minimum absolute atomic E-state index is 0.140. The van der Waals surface area contributed by atoms with Gasteiger partial charge in [-0.1, -0.05) is 17.5 Å². The Balaban J connectivity index is 1.74. The van der Waals surface area contributed by atoms with Crippen molar-refractivity contribution in [2.24, 2.45) is 0 Å². The van der Waals surface area contributed by atoms with Crippen molar-refractivity contribution in [2.45, 2.75) is 26.3 Å². The van der Waals surface area contributed by atoms with E-state index < -0.39 is 0 Å². The number of aromatic nitrogens is 2. The summed E-state index contributed by atoms with van der Waals surface area (Å²) in [5.74, 6) is 1.30. The van der Waals surface area contributed by atoms with Crippen molar-refractivity contribution in [1.29, 1.82) is 0 Å². The second kappa shape index (κ2) is 5.69. The van der Waals surface area contributed by atoms with Crippen LogP contribution in [-0.2, 0) is 6.42 Å². The molecule has 3 rings (SSSR count). The summed E-state index contributed by atoms with van der Waals surface area (Å²) in [5, 5.41) is 6.91. The predicted molar refractivity (Wildman–Crippen MR) is 77.7 cm³/mol. The second-order valence-corrected chi connectivity index (χ2v) is 5.46. The molecule has 110 valence electrons. The van der Waals surface area contributed by atoms with Crippen molar-refractivity contribution >= 4 is 17.4 Å². The van der Waals surface area contributed by atoms with Crippen LogP contribution < -0.4 is 14.8 Å². The van der Waals surface area contributed by atoms with Crippen LogP contribution in [0.2, 0.25) is 0 Å². The Hall–Kier alpha value is -2.15. The first-order valence-corrected chi connectivity index (χ1v) is 7.48. The van der Waals surface area contributed by atoms with Crippen molar-refractivity contribution in [3.8, 4) is 11.5 Å². The van der Waals surface area contributed by atoms with E-state index in [0.717, 1.165) is 28.5 Å². The first-order chi connectivity index (χ1) is 10.2. The van der Waals surface area contributed by atoms with E-state index >= 15 is 0 Å². The molecule has 1 N–H and O–H groups in total. The van der Waals surface area contributed by atoms with Gasteiger partial charge in [-0.3, -0.25) is 4.79 Å². The Labute approximate surface area is 126 Å². The van der Waals surface area contributed by atoms with Gasteiger partial charge in [-0.25, -0.2) is 0 Å². The Bertz CT molecular complexity index is 671. The van der Waals surface area contributed by atoms with E-state index in [0.29, 0.717) is 17.0 Å². The lowest BCUT2D eigenvalue weighted by molar-refractivity contribution is 0.0943. The van der Waals surface area contributed by atoms with Crippen LogP contribution in [0.1, 0.15) is 40.8 Å². The summed E-state index contributed by atoms with van der Waals surface area (Å²) in [4.78, 5) is 12.8. The van der Waals surface area contributed by atoms with Gasteiger partial charge in [0.15, 0.2) is 11.5 Å². The third-order valence-corrected chi connectivity index (χ3v) is 4.11. The summed E-state index contributed by atoms with van der Waals surface area (Å²) in [6.07, 6.45) is 0.692. The van der Waals surface area contributed by atoms with Gasteiger partial charge in [0.1, 0.15) is 4.88 Å². The van der Waals surface area contributed by atoms with E-state index in [1.54, 1.807) is 0 Å². The molecule has 2 heterocycles. The van der Waals surface area contributed by atoms with Gasteiger partial charge in [0, 0.05) is 0 Å². The monoisotopic (exact) mass is 305 g/mol. The SMILES string of the molecule is CCc1nnsc1C(=O)NC(C)c1ccc2c(c1)OCO2. The highest BCUT2D eigenvalue weighted by atomic mass is 32.1. The Morgan fingerprint density at radius 2 is 2.24 bits per heavy atom. The van der Waals surface area contributed by atoms with Crippen molar-refractivity contribution in [3.05, 3.63) is 34.3 Å². The molecule has 0 saturated carbocycles. The zero-order valence-electron chi connectivity index (χ0n) is 11.8. The number of carbonyl (C=O) groups is 1. The summed E-state index contributed by atoms with van der Waals surface area (Å²) in [5.41, 5.74) is 1.69. The summed E-state index contributed by atoms with van der Waals surface area (Å²) in [7, 11) is 0. The first-order valence-electron chi connectivity index (χ1n) is 6.70. The Kier molecular flexibility index (Phi) is 3.74. The van der Waals surface area contributed by atoms with Gasteiger partial charge in [-0.2, -0.15) is 0 Å². The zero-order chi connectivity index (χ0) is 14.8. The molecule has 2 aromatic rings. The molecule has 1 aliphatic rings. The van der Waals surface area contributed by atoms with E-state index in [9.17, 15) is 4.79 Å². The van der Waals surface area contributed by atoms with Crippen LogP contribution in [0.4, 0.5) is 0 Å². The van der Waals surface area contributed by atoms with Gasteiger partial charge in [-0.15, -0.1) is 5.10 Å². The third-order valence-electron chi connectivity index (χ3n) is 3.34. The van der Waals surface area contributed by atoms with Crippen LogP contribution in [0.5, 0.6) is 11.5 Å². The largest absolute Gasteiger partial charge is 0.454 e. The predicted octanol–water partition coefficient (Wildman–Crippen LogP) is 2.32. The molecule has 0 aliphatic carbocycles. The van der Waals surface area contributed by atoms with E-state index in [1.807, 2.05) is 32.0 Å². The molecular weight excluding hydrogens is 290 g/mol. The Morgan fingerprint density at radius 1 is 1.43 bits per heavy atom. The number of nitrogens with zero attached hydrogens (tertiary/aromatic N) is 2. The minimum atomic E-state index is -0.146. The highest BCUT2D eigenvalue weighted by Crippen LogP contribution is 2.34. The quantitative estimate of drug-likeness (QED) is 0.938. The molecule has 21 heavy (non-hydrogen) atoms. The van der Waals surface area contributed by atoms with Gasteiger partial charge < -0.3 is 14.8 Å². The van der Waals surface area contributed by atoms with Gasteiger partial charge in [0.25, 0.3) is 5.91 Å². The van der Waals surface area contributed by atoms with Crippen LogP contribution in [0, 0.1) is 0 Å². The standard InChI is InChI=1S/C14H15N3O3S/c1-3-10-13(21-17-16-10)14(18)15-8(2)9-4-5-11-12(6-9)20-7-19-11/h4-6,8H,3,7H2,1-2H3,(H,15,18). The number of hydrogen-bond acceptors (Lipinski definition) is 6. The molecule has 0 bridgehead atoms. The number of rotatable bonds is 4. The Morgan fingerprint density at radius 3 is 3.05 bits per heavy atom. The maximum atomic E-state index is 12.3. The molecule has 1 atom stereocenters. The fourth-order valence-electron chi connectivity index (χ4n) is 2.14. The zero-order valence-corrected chi connectivity index (χ0v) is 12.6. The number of amides is 1. The normalized spacial score (nSPS) is 14.0. The number of aryl methyl sites for hydroxylation is 1. The molecule has 0 radical (unpaired) electrons. The maximum absolute atomic E-state index is 12.3. The van der Waals surface area contributed by atoms with Gasteiger partial charge in [0.05, 0.1) is 11.7 Å². The average molecular weight is 305 g/mol. The molecule has 0 spiro atoms. The van der Waals surface area contributed by atoms with Crippen molar-refractivity contribution in [2.75, 3.05) is 6.79 Å². The van der Waals surface area contributed by atoms with E-state index in [4.69, 9.17) is 9.47 Å². The molecule has 7 heteroatoms. The van der Waals surface area contributed by atoms with Crippen molar-refractivity contribution in [3.63, 3.8) is 0 Å². The number of fused-ring (bicyclic) bond motifs is 1. The lowest BCUT2D eigenvalue weighted by Gasteiger charge is -2.14. The molecule has 0 saturated heterocycles. The third kappa shape index (κ3) is 2.69. The fourth-order valence-corrected chi connectivity index (χ4v) is 2.79. The summed E-state index contributed by atoms with van der Waals surface area (Å²) >= 11 is 1.12. The molecule has 1 aliphatic heterocycles. The average Bonchev–Trinajstić information content (AvgIpc) is 3.14. The van der Waals surface area contributed by atoms with Gasteiger partial charge >= 0.3 is 0 Å². The highest BCUT2D eigenvalue weighted by molar-refractivity contribution is 7.08. The molecule has 1 aromatic carbocycles. The molecule has 6 nitrogen and oxygen atoms in total. The summed E-state index contributed by atoms with van der Waals surface area (Å²) in [6.45, 7) is 4.12. The lowest BCUT2D eigenvalue weighted by atomic mass is 10.1. The second-order valence-electron chi connectivity index (χ2n) is 4.71. The number of hydrogen-bond donors (Lipinski definition) is 1. The number of nitrogens with one attached hydrogen (secondary N) is 1. The van der Waals surface area contributed by atoms with Crippen LogP contribution in [0.25, 0.3) is 0 Å². The molecule has 0 fully saturated rings. The van der Waals surface area contributed by atoms with Gasteiger partial charge in [0.2, 0.25) is 6.79 Å². The van der Waals surface area contributed by atoms with Gasteiger partial charge in [-0.05, 0) is 42.6 Å². The van der Waals surface area contributed by atoms with Crippen LogP contribution in [0.3, 0.4) is 0 Å². The van der Waals surface area contributed by atoms with Crippen LogP contribution >= 0.6 is 11.5 Å². The fraction of sp³-hybridized carbons (Fsp3) is 0.357. The molecule has 1 unspecified atom stereocenters. The van der Waals surface area contributed by atoms with Crippen LogP contribution in [0.15, 0.2) is 18.2 Å². The van der Waals surface area contributed by atoms with Crippen LogP contribution in [-0.4, -0.2) is 22.3 Å². The van der Waals surface area contributed by atoms with Crippen molar-refractivity contribution < 1.29 is 14.3 Å². The number of carbonyl (C=O) groups excluding carboxylic acids is 1. The lowest BCUT2D eigenvalue weighted by Crippen LogP contribution is -2.26. The first kappa shape index (κ1) is 13.8. The topological polar surface area (TPSA) is 73.3 Å². The molecular formula is C14H15N3O3S. The summed E-state index contributed by atoms with van der Waals surface area (Å²) < 4.78 is 14.5. The number of benzene rings is 1. The summed E-state index contributed by atoms with van der Waals surface area (Å²) in [6, 6.07) is 5.52. The highest BCUT2D eigenvalue weighted by Gasteiger charge is 2.20. The van der Waals surface area contributed by atoms with E-state index in [-0.39, 0.29) is 18.7 Å². The molecule has 1 aromatic heterocycles. The number of ether oxygens (including phenoxy) is 2. The minimum Gasteiger partial charge on any atom is -0.454 e. The van der Waals surface area contributed by atoms with E-state index in [2.05, 4.69) is 14.9 Å². The maximum Gasteiger partial charge on any atom is 0.265 e.